The molecule has 0 atom stereocenters. The first-order valence-corrected chi connectivity index (χ1v) is 18.3. The highest BCUT2D eigenvalue weighted by atomic mass is 15.1. The zero-order chi connectivity index (χ0) is 35.8. The van der Waals surface area contributed by atoms with Gasteiger partial charge in [-0.2, -0.15) is 0 Å². The van der Waals surface area contributed by atoms with E-state index in [9.17, 15) is 0 Å². The van der Waals surface area contributed by atoms with Gasteiger partial charge in [-0.1, -0.05) is 153 Å². The molecule has 8 aromatic rings. The van der Waals surface area contributed by atoms with Crippen molar-refractivity contribution in [1.29, 1.82) is 0 Å². The molecule has 0 saturated carbocycles. The lowest BCUT2D eigenvalue weighted by molar-refractivity contribution is 0.660. The fourth-order valence-electron chi connectivity index (χ4n) is 7.80. The Bertz CT molecular complexity index is 2500. The van der Waals surface area contributed by atoms with Crippen LogP contribution in [-0.4, -0.2) is 0 Å². The summed E-state index contributed by atoms with van der Waals surface area (Å²) in [6.07, 6.45) is 0. The van der Waals surface area contributed by atoms with Crippen molar-refractivity contribution in [1.82, 2.24) is 0 Å². The number of rotatable bonds is 8. The first-order valence-electron chi connectivity index (χ1n) is 18.3. The van der Waals surface area contributed by atoms with E-state index >= 15 is 0 Å². The summed E-state index contributed by atoms with van der Waals surface area (Å²) in [6, 6.07) is 72.1. The minimum Gasteiger partial charge on any atom is -0.356 e. The summed E-state index contributed by atoms with van der Waals surface area (Å²) in [7, 11) is 0. The molecular formula is C51H40N2. The van der Waals surface area contributed by atoms with Crippen LogP contribution >= 0.6 is 0 Å². The Morgan fingerprint density at radius 1 is 0.340 bits per heavy atom. The molecule has 0 bridgehead atoms. The monoisotopic (exact) mass is 680 g/mol. The van der Waals surface area contributed by atoms with Crippen LogP contribution in [-0.2, 0) is 5.41 Å². The number of nitrogens with one attached hydrogen (secondary N) is 1. The normalized spacial score (nSPS) is 12.5. The molecule has 2 nitrogen and oxygen atoms in total. The topological polar surface area (TPSA) is 15.3 Å². The van der Waals surface area contributed by atoms with Gasteiger partial charge in [0.25, 0.3) is 0 Å². The van der Waals surface area contributed by atoms with Gasteiger partial charge in [0.2, 0.25) is 0 Å². The van der Waals surface area contributed by atoms with Crippen molar-refractivity contribution in [3.05, 3.63) is 211 Å². The third kappa shape index (κ3) is 6.19. The Labute approximate surface area is 312 Å². The Balaban J connectivity index is 1.01. The van der Waals surface area contributed by atoms with Crippen LogP contribution in [0.5, 0.6) is 0 Å². The predicted octanol–water partition coefficient (Wildman–Crippen LogP) is 14.2. The van der Waals surface area contributed by atoms with Crippen LogP contribution in [0.15, 0.2) is 200 Å². The summed E-state index contributed by atoms with van der Waals surface area (Å²) in [5.74, 6) is 0. The fraction of sp³-hybridized carbons (Fsp3) is 0.0588. The number of hydrogen-bond acceptors (Lipinski definition) is 2. The van der Waals surface area contributed by atoms with Gasteiger partial charge < -0.3 is 10.2 Å². The molecule has 0 heterocycles. The summed E-state index contributed by atoms with van der Waals surface area (Å²) >= 11 is 0. The Morgan fingerprint density at radius 2 is 0.717 bits per heavy atom. The van der Waals surface area contributed by atoms with Crippen LogP contribution in [0.25, 0.3) is 44.5 Å². The second-order valence-electron chi connectivity index (χ2n) is 14.3. The van der Waals surface area contributed by atoms with Gasteiger partial charge in [-0.25, -0.2) is 0 Å². The lowest BCUT2D eigenvalue weighted by Gasteiger charge is -2.28. The van der Waals surface area contributed by atoms with Crippen molar-refractivity contribution >= 4 is 28.4 Å². The van der Waals surface area contributed by atoms with Crippen molar-refractivity contribution in [2.75, 3.05) is 10.2 Å². The quantitative estimate of drug-likeness (QED) is 0.172. The van der Waals surface area contributed by atoms with Crippen molar-refractivity contribution < 1.29 is 0 Å². The maximum atomic E-state index is 3.56. The second kappa shape index (κ2) is 13.5. The Hall–Kier alpha value is -6.64. The molecule has 8 aromatic carbocycles. The standard InChI is InChI=1S/C51H40N2/c1-51(2)49-16-10-9-15-47(49)48-34-33-46(35-50(48)51)53(44-29-21-40(22-30-44)37-13-7-4-8-14-37)45-31-23-41(24-32-45)39-19-27-43(28-20-39)52-42-25-17-38(18-26-42)36-11-5-3-6-12-36/h3-35,52H,1-2H3. The van der Waals surface area contributed by atoms with Crippen molar-refractivity contribution in [2.45, 2.75) is 19.3 Å². The Kier molecular flexibility index (Phi) is 8.21. The van der Waals surface area contributed by atoms with Gasteiger partial charge in [0.1, 0.15) is 0 Å². The van der Waals surface area contributed by atoms with E-state index in [1.54, 1.807) is 0 Å². The molecule has 2 heteroatoms. The van der Waals surface area contributed by atoms with E-state index in [0.29, 0.717) is 0 Å². The van der Waals surface area contributed by atoms with E-state index in [2.05, 4.69) is 218 Å². The zero-order valence-electron chi connectivity index (χ0n) is 30.0. The molecule has 0 spiro atoms. The van der Waals surface area contributed by atoms with Crippen molar-refractivity contribution in [3.8, 4) is 44.5 Å². The first-order chi connectivity index (χ1) is 26.0. The number of anilines is 5. The largest absolute Gasteiger partial charge is 0.356 e. The van der Waals surface area contributed by atoms with Crippen molar-refractivity contribution in [3.63, 3.8) is 0 Å². The first kappa shape index (κ1) is 32.3. The highest BCUT2D eigenvalue weighted by Gasteiger charge is 2.35. The molecule has 9 rings (SSSR count). The minimum absolute atomic E-state index is 0.0821. The molecule has 254 valence electrons. The van der Waals surface area contributed by atoms with Crippen LogP contribution in [0.3, 0.4) is 0 Å². The maximum absolute atomic E-state index is 3.56. The van der Waals surface area contributed by atoms with Gasteiger partial charge in [-0.05, 0) is 116 Å². The van der Waals surface area contributed by atoms with Crippen LogP contribution in [0.4, 0.5) is 28.4 Å². The van der Waals surface area contributed by atoms with Gasteiger partial charge in [-0.15, -0.1) is 0 Å². The summed E-state index contributed by atoms with van der Waals surface area (Å²) in [5, 5.41) is 3.56. The van der Waals surface area contributed by atoms with Gasteiger partial charge in [0.05, 0.1) is 0 Å². The lowest BCUT2D eigenvalue weighted by atomic mass is 9.82. The molecule has 0 aliphatic heterocycles. The third-order valence-corrected chi connectivity index (χ3v) is 10.7. The van der Waals surface area contributed by atoms with E-state index in [-0.39, 0.29) is 5.41 Å². The summed E-state index contributed by atoms with van der Waals surface area (Å²) < 4.78 is 0. The van der Waals surface area contributed by atoms with Crippen LogP contribution in [0.1, 0.15) is 25.0 Å². The molecular weight excluding hydrogens is 641 g/mol. The third-order valence-electron chi connectivity index (χ3n) is 10.7. The molecule has 1 aliphatic rings. The maximum Gasteiger partial charge on any atom is 0.0465 e. The average molecular weight is 681 g/mol. The highest BCUT2D eigenvalue weighted by Crippen LogP contribution is 2.50. The zero-order valence-corrected chi connectivity index (χ0v) is 30.0. The van der Waals surface area contributed by atoms with E-state index in [4.69, 9.17) is 0 Å². The van der Waals surface area contributed by atoms with Gasteiger partial charge in [0.15, 0.2) is 0 Å². The SMILES string of the molecule is CC1(C)c2ccccc2-c2ccc(N(c3ccc(-c4ccccc4)cc3)c3ccc(-c4ccc(Nc5ccc(-c6ccccc6)cc5)cc4)cc3)cc21. The average Bonchev–Trinajstić information content (AvgIpc) is 3.45. The molecule has 0 fully saturated rings. The molecule has 0 unspecified atom stereocenters. The van der Waals surface area contributed by atoms with Crippen LogP contribution in [0, 0.1) is 0 Å². The molecule has 0 saturated heterocycles. The fourth-order valence-corrected chi connectivity index (χ4v) is 7.80. The Morgan fingerprint density at radius 3 is 1.21 bits per heavy atom. The molecule has 1 N–H and O–H groups in total. The molecule has 0 radical (unpaired) electrons. The predicted molar refractivity (Wildman–Crippen MR) is 225 cm³/mol. The van der Waals surface area contributed by atoms with Gasteiger partial charge >= 0.3 is 0 Å². The highest BCUT2D eigenvalue weighted by molar-refractivity contribution is 5.86. The van der Waals surface area contributed by atoms with Gasteiger partial charge in [-0.3, -0.25) is 0 Å². The summed E-state index contributed by atoms with van der Waals surface area (Å²) in [6.45, 7) is 4.69. The van der Waals surface area contributed by atoms with Crippen LogP contribution < -0.4 is 10.2 Å². The number of nitrogens with zero attached hydrogens (tertiary/aromatic N) is 1. The number of benzene rings is 8. The second-order valence-corrected chi connectivity index (χ2v) is 14.3. The number of hydrogen-bond donors (Lipinski definition) is 1. The summed E-state index contributed by atoms with van der Waals surface area (Å²) in [5.41, 5.74) is 18.1. The number of fused-ring (bicyclic) bond motifs is 3. The smallest absolute Gasteiger partial charge is 0.0465 e. The van der Waals surface area contributed by atoms with Crippen molar-refractivity contribution in [2.24, 2.45) is 0 Å². The van der Waals surface area contributed by atoms with Crippen LogP contribution in [0.2, 0.25) is 0 Å². The van der Waals surface area contributed by atoms with Gasteiger partial charge in [0, 0.05) is 33.9 Å². The molecule has 1 aliphatic carbocycles. The lowest BCUT2D eigenvalue weighted by Crippen LogP contribution is -2.16. The van der Waals surface area contributed by atoms with E-state index in [0.717, 1.165) is 28.4 Å². The molecule has 0 amide bonds. The minimum atomic E-state index is -0.0821. The summed E-state index contributed by atoms with van der Waals surface area (Å²) in [4.78, 5) is 2.38. The van der Waals surface area contributed by atoms with E-state index in [1.165, 1.54) is 55.6 Å². The molecule has 0 aromatic heterocycles. The van der Waals surface area contributed by atoms with E-state index < -0.39 is 0 Å². The van der Waals surface area contributed by atoms with E-state index in [1.807, 2.05) is 6.07 Å². The molecule has 53 heavy (non-hydrogen) atoms.